The first kappa shape index (κ1) is 17.2. The molecule has 0 aliphatic heterocycles. The van der Waals surface area contributed by atoms with Crippen LogP contribution >= 0.6 is 0 Å². The van der Waals surface area contributed by atoms with Gasteiger partial charge in [-0.3, -0.25) is 9.79 Å². The predicted molar refractivity (Wildman–Crippen MR) is 90.9 cm³/mol. The van der Waals surface area contributed by atoms with E-state index >= 15 is 0 Å². The van der Waals surface area contributed by atoms with E-state index in [9.17, 15) is 9.59 Å². The Morgan fingerprint density at radius 1 is 1.17 bits per heavy atom. The fourth-order valence-corrected chi connectivity index (χ4v) is 1.99. The van der Waals surface area contributed by atoms with Crippen LogP contribution in [0.25, 0.3) is 0 Å². The highest BCUT2D eigenvalue weighted by molar-refractivity contribution is 5.90. The molecule has 0 radical (unpaired) electrons. The Balaban J connectivity index is 2.07. The second-order valence-corrected chi connectivity index (χ2v) is 5.08. The Morgan fingerprint density at radius 3 is 2.46 bits per heavy atom. The van der Waals surface area contributed by atoms with Gasteiger partial charge in [0.2, 0.25) is 0 Å². The summed E-state index contributed by atoms with van der Waals surface area (Å²) in [6.07, 6.45) is 1.71. The van der Waals surface area contributed by atoms with Gasteiger partial charge in [0.25, 0.3) is 5.91 Å². The molecule has 0 spiro atoms. The van der Waals surface area contributed by atoms with Crippen molar-refractivity contribution in [3.63, 3.8) is 0 Å². The monoisotopic (exact) mass is 326 g/mol. The number of carbonyl (C=O) groups is 2. The van der Waals surface area contributed by atoms with Gasteiger partial charge in [0, 0.05) is 6.21 Å². The molecule has 0 aliphatic rings. The first-order valence-electron chi connectivity index (χ1n) is 7.24. The maximum atomic E-state index is 11.5. The third-order valence-corrected chi connectivity index (χ3v) is 3.23. The summed E-state index contributed by atoms with van der Waals surface area (Å²) < 4.78 is 9.88. The van der Waals surface area contributed by atoms with Crippen LogP contribution in [-0.2, 0) is 9.53 Å². The fourth-order valence-electron chi connectivity index (χ4n) is 1.99. The summed E-state index contributed by atoms with van der Waals surface area (Å²) in [5, 5.41) is 0. The highest BCUT2D eigenvalue weighted by Gasteiger charge is 2.06. The number of benzene rings is 2. The molecular formula is C18H18N2O4. The standard InChI is InChI=1S/C18H18N2O4/c1-12-9-14(18(22)23-2)5-8-16(12)20-10-13-3-6-15(7-4-13)24-11-17(19)21/h3-10H,11H2,1-2H3,(H2,19,21). The molecule has 6 nitrogen and oxygen atoms in total. The van der Waals surface area contributed by atoms with Crippen LogP contribution in [0.2, 0.25) is 0 Å². The molecule has 1 amide bonds. The Morgan fingerprint density at radius 2 is 1.88 bits per heavy atom. The van der Waals surface area contributed by atoms with E-state index in [4.69, 9.17) is 10.5 Å². The lowest BCUT2D eigenvalue weighted by atomic mass is 10.1. The summed E-state index contributed by atoms with van der Waals surface area (Å²) in [5.41, 5.74) is 8.02. The lowest BCUT2D eigenvalue weighted by molar-refractivity contribution is -0.119. The number of aryl methyl sites for hydroxylation is 1. The molecule has 0 heterocycles. The summed E-state index contributed by atoms with van der Waals surface area (Å²) in [7, 11) is 1.35. The number of nitrogens with two attached hydrogens (primary N) is 1. The SMILES string of the molecule is COC(=O)c1ccc(N=Cc2ccc(OCC(N)=O)cc2)c(C)c1. The molecule has 0 saturated heterocycles. The zero-order chi connectivity index (χ0) is 17.5. The summed E-state index contributed by atoms with van der Waals surface area (Å²) in [6, 6.07) is 12.3. The minimum atomic E-state index is -0.522. The van der Waals surface area contributed by atoms with Crippen molar-refractivity contribution in [1.29, 1.82) is 0 Å². The van der Waals surface area contributed by atoms with Gasteiger partial charge < -0.3 is 15.2 Å². The molecule has 0 saturated carbocycles. The summed E-state index contributed by atoms with van der Waals surface area (Å²) in [6.45, 7) is 1.72. The van der Waals surface area contributed by atoms with Crippen LogP contribution in [-0.4, -0.2) is 31.8 Å². The number of primary amides is 1. The van der Waals surface area contributed by atoms with E-state index in [1.165, 1.54) is 7.11 Å². The molecule has 0 bridgehead atoms. The Hall–Kier alpha value is -3.15. The molecule has 2 aromatic rings. The van der Waals surface area contributed by atoms with Crippen LogP contribution in [0.5, 0.6) is 5.75 Å². The van der Waals surface area contributed by atoms with Crippen molar-refractivity contribution in [2.24, 2.45) is 10.7 Å². The van der Waals surface area contributed by atoms with Crippen molar-refractivity contribution in [3.05, 3.63) is 59.2 Å². The molecule has 6 heteroatoms. The van der Waals surface area contributed by atoms with Gasteiger partial charge in [-0.05, 0) is 60.5 Å². The highest BCUT2D eigenvalue weighted by Crippen LogP contribution is 2.20. The first-order chi connectivity index (χ1) is 11.5. The Labute approximate surface area is 139 Å². The molecule has 0 atom stereocenters. The number of methoxy groups -OCH3 is 1. The van der Waals surface area contributed by atoms with Crippen molar-refractivity contribution in [2.75, 3.05) is 13.7 Å². The molecule has 2 rings (SSSR count). The van der Waals surface area contributed by atoms with E-state index in [-0.39, 0.29) is 12.6 Å². The fraction of sp³-hybridized carbons (Fsp3) is 0.167. The van der Waals surface area contributed by atoms with E-state index in [1.807, 2.05) is 19.1 Å². The zero-order valence-electron chi connectivity index (χ0n) is 13.5. The molecule has 0 aliphatic carbocycles. The van der Waals surface area contributed by atoms with E-state index in [2.05, 4.69) is 9.73 Å². The quantitative estimate of drug-likeness (QED) is 0.652. The summed E-state index contributed by atoms with van der Waals surface area (Å²) in [5.74, 6) is -0.337. The van der Waals surface area contributed by atoms with Crippen LogP contribution in [0.3, 0.4) is 0 Å². The maximum absolute atomic E-state index is 11.5. The molecular weight excluding hydrogens is 308 g/mol. The van der Waals surface area contributed by atoms with E-state index in [0.29, 0.717) is 11.3 Å². The topological polar surface area (TPSA) is 91.0 Å². The molecule has 124 valence electrons. The van der Waals surface area contributed by atoms with Gasteiger partial charge in [0.1, 0.15) is 5.75 Å². The molecule has 24 heavy (non-hydrogen) atoms. The normalized spacial score (nSPS) is 10.6. The van der Waals surface area contributed by atoms with Crippen molar-refractivity contribution in [1.82, 2.24) is 0 Å². The molecule has 0 aromatic heterocycles. The van der Waals surface area contributed by atoms with Crippen LogP contribution in [0.15, 0.2) is 47.5 Å². The van der Waals surface area contributed by atoms with Crippen molar-refractivity contribution in [2.45, 2.75) is 6.92 Å². The molecule has 2 aromatic carbocycles. The van der Waals surface area contributed by atoms with E-state index in [1.54, 1.807) is 36.5 Å². The van der Waals surface area contributed by atoms with E-state index in [0.717, 1.165) is 16.8 Å². The summed E-state index contributed by atoms with van der Waals surface area (Å²) >= 11 is 0. The van der Waals surface area contributed by atoms with Gasteiger partial charge in [0.05, 0.1) is 18.4 Å². The Kier molecular flexibility index (Phi) is 5.68. The second kappa shape index (κ2) is 7.92. The van der Waals surface area contributed by atoms with Crippen molar-refractivity contribution < 1.29 is 19.1 Å². The average molecular weight is 326 g/mol. The number of ether oxygens (including phenoxy) is 2. The average Bonchev–Trinajstić information content (AvgIpc) is 2.59. The molecule has 2 N–H and O–H groups in total. The molecule has 0 unspecified atom stereocenters. The largest absolute Gasteiger partial charge is 0.484 e. The van der Waals surface area contributed by atoms with Crippen LogP contribution in [0.4, 0.5) is 5.69 Å². The van der Waals surface area contributed by atoms with Gasteiger partial charge in [-0.25, -0.2) is 4.79 Å². The van der Waals surface area contributed by atoms with Crippen LogP contribution < -0.4 is 10.5 Å². The minimum Gasteiger partial charge on any atom is -0.484 e. The second-order valence-electron chi connectivity index (χ2n) is 5.08. The van der Waals surface area contributed by atoms with Gasteiger partial charge in [0.15, 0.2) is 6.61 Å². The zero-order valence-corrected chi connectivity index (χ0v) is 13.5. The molecule has 0 fully saturated rings. The lowest BCUT2D eigenvalue weighted by Crippen LogP contribution is -2.19. The maximum Gasteiger partial charge on any atom is 0.337 e. The summed E-state index contributed by atoms with van der Waals surface area (Å²) in [4.78, 5) is 26.6. The number of hydrogen-bond acceptors (Lipinski definition) is 5. The van der Waals surface area contributed by atoms with Gasteiger partial charge >= 0.3 is 5.97 Å². The van der Waals surface area contributed by atoms with Crippen molar-refractivity contribution >= 4 is 23.8 Å². The van der Waals surface area contributed by atoms with Crippen molar-refractivity contribution in [3.8, 4) is 5.75 Å². The van der Waals surface area contributed by atoms with Gasteiger partial charge in [-0.1, -0.05) is 0 Å². The smallest absolute Gasteiger partial charge is 0.337 e. The number of hydrogen-bond donors (Lipinski definition) is 1. The van der Waals surface area contributed by atoms with Gasteiger partial charge in [-0.15, -0.1) is 0 Å². The number of amides is 1. The lowest BCUT2D eigenvalue weighted by Gasteiger charge is -2.04. The number of carbonyl (C=O) groups excluding carboxylic acids is 2. The Bertz CT molecular complexity index is 767. The first-order valence-corrected chi connectivity index (χ1v) is 7.24. The highest BCUT2D eigenvalue weighted by atomic mass is 16.5. The predicted octanol–water partition coefficient (Wildman–Crippen LogP) is 2.40. The van der Waals surface area contributed by atoms with Gasteiger partial charge in [-0.2, -0.15) is 0 Å². The minimum absolute atomic E-state index is 0.154. The van der Waals surface area contributed by atoms with E-state index < -0.39 is 5.91 Å². The van der Waals surface area contributed by atoms with Crippen LogP contribution in [0.1, 0.15) is 21.5 Å². The number of rotatable bonds is 6. The number of esters is 1. The third kappa shape index (κ3) is 4.67. The van der Waals surface area contributed by atoms with Crippen LogP contribution in [0, 0.1) is 6.92 Å². The number of aliphatic imine (C=N–C) groups is 1. The third-order valence-electron chi connectivity index (χ3n) is 3.23. The number of nitrogens with zero attached hydrogens (tertiary/aromatic N) is 1.